The van der Waals surface area contributed by atoms with Gasteiger partial charge in [0.25, 0.3) is 0 Å². The first-order chi connectivity index (χ1) is 13.1. The minimum absolute atomic E-state index is 0.0666. The highest BCUT2D eigenvalue weighted by Crippen LogP contribution is 2.29. The number of aryl methyl sites for hydroxylation is 2. The van der Waals surface area contributed by atoms with Gasteiger partial charge in [-0.1, -0.05) is 12.1 Å². The number of ether oxygens (including phenoxy) is 1. The number of urea groups is 1. The molecule has 138 valence electrons. The Balaban J connectivity index is 1.79. The van der Waals surface area contributed by atoms with E-state index in [1.807, 2.05) is 61.0 Å². The molecule has 0 radical (unpaired) electrons. The van der Waals surface area contributed by atoms with Crippen LogP contribution in [0.4, 0.5) is 10.5 Å². The molecule has 3 aromatic rings. The summed E-state index contributed by atoms with van der Waals surface area (Å²) >= 11 is 0. The molecule has 1 aliphatic rings. The zero-order valence-corrected chi connectivity index (χ0v) is 15.6. The van der Waals surface area contributed by atoms with E-state index in [0.717, 1.165) is 34.1 Å². The molecule has 0 spiro atoms. The van der Waals surface area contributed by atoms with Crippen LogP contribution in [0.25, 0.3) is 17.1 Å². The lowest BCUT2D eigenvalue weighted by molar-refractivity contribution is 0.252. The SMILES string of the molecule is COc1ccc(-n2nc(C)nc2-c2ccc(C)c(N3CCNC3=O)c2)cc1. The lowest BCUT2D eigenvalue weighted by atomic mass is 10.1. The lowest BCUT2D eigenvalue weighted by Crippen LogP contribution is -2.28. The molecule has 1 fully saturated rings. The molecule has 0 aliphatic carbocycles. The third-order valence-electron chi connectivity index (χ3n) is 4.64. The summed E-state index contributed by atoms with van der Waals surface area (Å²) in [6.07, 6.45) is 0. The number of aromatic nitrogens is 3. The van der Waals surface area contributed by atoms with Crippen LogP contribution < -0.4 is 15.0 Å². The number of nitrogens with one attached hydrogen (secondary N) is 1. The summed E-state index contributed by atoms with van der Waals surface area (Å²) in [5.41, 5.74) is 3.74. The molecule has 1 saturated heterocycles. The van der Waals surface area contributed by atoms with E-state index in [4.69, 9.17) is 4.74 Å². The van der Waals surface area contributed by atoms with Crippen molar-refractivity contribution < 1.29 is 9.53 Å². The summed E-state index contributed by atoms with van der Waals surface area (Å²) in [5.74, 6) is 2.20. The zero-order valence-electron chi connectivity index (χ0n) is 15.6. The largest absolute Gasteiger partial charge is 0.497 e. The van der Waals surface area contributed by atoms with Gasteiger partial charge in [0.1, 0.15) is 11.6 Å². The molecule has 1 aliphatic heterocycles. The van der Waals surface area contributed by atoms with Gasteiger partial charge in [0.15, 0.2) is 5.82 Å². The molecule has 7 heteroatoms. The average Bonchev–Trinajstić information content (AvgIpc) is 3.28. The van der Waals surface area contributed by atoms with Crippen LogP contribution in [0.2, 0.25) is 0 Å². The number of amides is 2. The van der Waals surface area contributed by atoms with Crippen molar-refractivity contribution in [3.63, 3.8) is 0 Å². The number of methoxy groups -OCH3 is 1. The normalized spacial score (nSPS) is 13.7. The van der Waals surface area contributed by atoms with E-state index in [2.05, 4.69) is 15.4 Å². The molecule has 0 saturated carbocycles. The quantitative estimate of drug-likeness (QED) is 0.773. The van der Waals surface area contributed by atoms with Crippen LogP contribution in [0.5, 0.6) is 5.75 Å². The maximum atomic E-state index is 12.1. The minimum Gasteiger partial charge on any atom is -0.497 e. The van der Waals surface area contributed by atoms with E-state index in [9.17, 15) is 4.79 Å². The maximum Gasteiger partial charge on any atom is 0.322 e. The fraction of sp³-hybridized carbons (Fsp3) is 0.250. The molecule has 2 heterocycles. The Bertz CT molecular complexity index is 994. The molecule has 2 aromatic carbocycles. The summed E-state index contributed by atoms with van der Waals surface area (Å²) in [7, 11) is 1.64. The smallest absolute Gasteiger partial charge is 0.322 e. The van der Waals surface area contributed by atoms with E-state index in [-0.39, 0.29) is 6.03 Å². The average molecular weight is 363 g/mol. The first-order valence-electron chi connectivity index (χ1n) is 8.81. The second-order valence-electron chi connectivity index (χ2n) is 6.48. The third kappa shape index (κ3) is 3.12. The van der Waals surface area contributed by atoms with E-state index < -0.39 is 0 Å². The molecular weight excluding hydrogens is 342 g/mol. The van der Waals surface area contributed by atoms with Gasteiger partial charge in [-0.15, -0.1) is 0 Å². The highest BCUT2D eigenvalue weighted by molar-refractivity contribution is 5.95. The number of hydrogen-bond acceptors (Lipinski definition) is 4. The first-order valence-corrected chi connectivity index (χ1v) is 8.81. The van der Waals surface area contributed by atoms with Crippen molar-refractivity contribution in [2.75, 3.05) is 25.1 Å². The summed E-state index contributed by atoms with van der Waals surface area (Å²) in [6, 6.07) is 13.6. The number of carbonyl (C=O) groups excluding carboxylic acids is 1. The molecule has 1 N–H and O–H groups in total. The Kier molecular flexibility index (Phi) is 4.27. The molecule has 7 nitrogen and oxygen atoms in total. The Hall–Kier alpha value is -3.35. The summed E-state index contributed by atoms with van der Waals surface area (Å²) in [4.78, 5) is 18.5. The summed E-state index contributed by atoms with van der Waals surface area (Å²) in [6.45, 7) is 5.19. The predicted molar refractivity (Wildman–Crippen MR) is 104 cm³/mol. The van der Waals surface area contributed by atoms with Crippen LogP contribution in [-0.2, 0) is 0 Å². The highest BCUT2D eigenvalue weighted by Gasteiger charge is 2.23. The van der Waals surface area contributed by atoms with E-state index >= 15 is 0 Å². The van der Waals surface area contributed by atoms with Gasteiger partial charge in [0, 0.05) is 24.3 Å². The molecule has 1 aromatic heterocycles. The van der Waals surface area contributed by atoms with Crippen LogP contribution in [-0.4, -0.2) is 41.0 Å². The third-order valence-corrected chi connectivity index (χ3v) is 4.64. The fourth-order valence-electron chi connectivity index (χ4n) is 3.25. The monoisotopic (exact) mass is 363 g/mol. The van der Waals surface area contributed by atoms with Gasteiger partial charge in [-0.2, -0.15) is 5.10 Å². The molecule has 0 atom stereocenters. The zero-order chi connectivity index (χ0) is 19.0. The van der Waals surface area contributed by atoms with Crippen molar-refractivity contribution in [3.8, 4) is 22.8 Å². The van der Waals surface area contributed by atoms with Crippen LogP contribution >= 0.6 is 0 Å². The molecule has 0 bridgehead atoms. The van der Waals surface area contributed by atoms with E-state index in [0.29, 0.717) is 18.9 Å². The Morgan fingerprint density at radius 1 is 1.11 bits per heavy atom. The Labute approximate surface area is 157 Å². The van der Waals surface area contributed by atoms with Gasteiger partial charge in [-0.05, 0) is 49.7 Å². The van der Waals surface area contributed by atoms with Crippen molar-refractivity contribution in [1.29, 1.82) is 0 Å². The number of nitrogens with zero attached hydrogens (tertiary/aromatic N) is 4. The first kappa shape index (κ1) is 17.1. The topological polar surface area (TPSA) is 72.3 Å². The number of rotatable bonds is 4. The van der Waals surface area contributed by atoms with Gasteiger partial charge < -0.3 is 10.1 Å². The van der Waals surface area contributed by atoms with Gasteiger partial charge in [-0.25, -0.2) is 14.5 Å². The lowest BCUT2D eigenvalue weighted by Gasteiger charge is -2.18. The van der Waals surface area contributed by atoms with Crippen molar-refractivity contribution >= 4 is 11.7 Å². The number of hydrogen-bond donors (Lipinski definition) is 1. The van der Waals surface area contributed by atoms with Gasteiger partial charge in [0.05, 0.1) is 12.8 Å². The van der Waals surface area contributed by atoms with Crippen LogP contribution in [0, 0.1) is 13.8 Å². The minimum atomic E-state index is -0.0666. The Morgan fingerprint density at radius 3 is 2.56 bits per heavy atom. The second kappa shape index (κ2) is 6.75. The molecule has 27 heavy (non-hydrogen) atoms. The summed E-state index contributed by atoms with van der Waals surface area (Å²) < 4.78 is 7.05. The highest BCUT2D eigenvalue weighted by atomic mass is 16.5. The Morgan fingerprint density at radius 2 is 1.89 bits per heavy atom. The number of anilines is 1. The molecule has 4 rings (SSSR count). The van der Waals surface area contributed by atoms with Crippen LogP contribution in [0.15, 0.2) is 42.5 Å². The van der Waals surface area contributed by atoms with Crippen molar-refractivity contribution in [1.82, 2.24) is 20.1 Å². The van der Waals surface area contributed by atoms with Gasteiger partial charge in [-0.3, -0.25) is 4.90 Å². The summed E-state index contributed by atoms with van der Waals surface area (Å²) in [5, 5.41) is 7.40. The standard InChI is InChI=1S/C20H21N5O2/c1-13-4-5-15(12-18(13)24-11-10-21-20(24)26)19-22-14(2)23-25(19)16-6-8-17(27-3)9-7-16/h4-9,12H,10-11H2,1-3H3,(H,21,26). The van der Waals surface area contributed by atoms with Gasteiger partial charge in [0.2, 0.25) is 0 Å². The van der Waals surface area contributed by atoms with Gasteiger partial charge >= 0.3 is 6.03 Å². The van der Waals surface area contributed by atoms with Crippen LogP contribution in [0.3, 0.4) is 0 Å². The molecule has 0 unspecified atom stereocenters. The van der Waals surface area contributed by atoms with Crippen molar-refractivity contribution in [2.45, 2.75) is 13.8 Å². The number of benzene rings is 2. The molecule has 2 amide bonds. The molecular formula is C20H21N5O2. The maximum absolute atomic E-state index is 12.1. The van der Waals surface area contributed by atoms with E-state index in [1.54, 1.807) is 12.0 Å². The van der Waals surface area contributed by atoms with Crippen LogP contribution in [0.1, 0.15) is 11.4 Å². The van der Waals surface area contributed by atoms with E-state index in [1.165, 1.54) is 0 Å². The number of carbonyl (C=O) groups is 1. The second-order valence-corrected chi connectivity index (χ2v) is 6.48. The predicted octanol–water partition coefficient (Wildman–Crippen LogP) is 3.09. The van der Waals surface area contributed by atoms with Crippen molar-refractivity contribution in [3.05, 3.63) is 53.9 Å². The van der Waals surface area contributed by atoms with Crippen molar-refractivity contribution in [2.24, 2.45) is 0 Å². The fourth-order valence-corrected chi connectivity index (χ4v) is 3.25.